The van der Waals surface area contributed by atoms with Crippen LogP contribution in [0.3, 0.4) is 0 Å². The highest BCUT2D eigenvalue weighted by molar-refractivity contribution is 7.13. The van der Waals surface area contributed by atoms with Gasteiger partial charge in [-0.05, 0) is 32.4 Å². The molecule has 0 bridgehead atoms. The van der Waals surface area contributed by atoms with Gasteiger partial charge >= 0.3 is 11.9 Å². The number of aryl methyl sites for hydroxylation is 2. The Hall–Kier alpha value is -4.60. The van der Waals surface area contributed by atoms with Crippen LogP contribution in [-0.2, 0) is 17.5 Å². The number of imidazole rings is 1. The number of alkyl halides is 3. The number of amides is 1. The Morgan fingerprint density at radius 3 is 2.67 bits per heavy atom. The average Bonchev–Trinajstić information content (AvgIpc) is 3.60. The summed E-state index contributed by atoms with van der Waals surface area (Å²) in [6, 6.07) is 1.97. The molecule has 1 amide bonds. The minimum Gasteiger partial charge on any atom is -0.361 e. The zero-order valence-electron chi connectivity index (χ0n) is 20.5. The number of fused-ring (bicyclic) bond motifs is 1. The molecule has 0 spiro atoms. The van der Waals surface area contributed by atoms with Gasteiger partial charge in [0.15, 0.2) is 11.2 Å². The van der Waals surface area contributed by atoms with Crippen molar-refractivity contribution in [2.75, 3.05) is 5.32 Å². The van der Waals surface area contributed by atoms with E-state index in [0.29, 0.717) is 22.0 Å². The van der Waals surface area contributed by atoms with Crippen molar-refractivity contribution in [2.24, 2.45) is 0 Å². The van der Waals surface area contributed by atoms with Crippen LogP contribution in [0.1, 0.15) is 35.7 Å². The Kier molecular flexibility index (Phi) is 6.41. The van der Waals surface area contributed by atoms with Gasteiger partial charge in [-0.25, -0.2) is 14.8 Å². The highest BCUT2D eigenvalue weighted by Crippen LogP contribution is 2.33. The third-order valence-corrected chi connectivity index (χ3v) is 6.75. The van der Waals surface area contributed by atoms with E-state index in [1.807, 2.05) is 0 Å². The van der Waals surface area contributed by atoms with Gasteiger partial charge in [-0.1, -0.05) is 5.16 Å². The van der Waals surface area contributed by atoms with Crippen LogP contribution in [0, 0.1) is 13.8 Å². The molecule has 2 N–H and O–H groups in total. The van der Waals surface area contributed by atoms with Crippen molar-refractivity contribution in [1.82, 2.24) is 34.2 Å². The molecule has 16 heteroatoms. The number of halogens is 3. The Morgan fingerprint density at radius 2 is 2.00 bits per heavy atom. The summed E-state index contributed by atoms with van der Waals surface area (Å²) < 4.78 is 46.3. The largest absolute Gasteiger partial charge is 0.433 e. The van der Waals surface area contributed by atoms with Crippen molar-refractivity contribution in [3.05, 3.63) is 73.6 Å². The molecule has 0 unspecified atom stereocenters. The predicted molar refractivity (Wildman–Crippen MR) is 133 cm³/mol. The van der Waals surface area contributed by atoms with Crippen LogP contribution in [0.2, 0.25) is 0 Å². The summed E-state index contributed by atoms with van der Waals surface area (Å²) in [5.74, 6) is 0.138. The van der Waals surface area contributed by atoms with Crippen LogP contribution >= 0.6 is 11.3 Å². The lowest BCUT2D eigenvalue weighted by molar-refractivity contribution is -0.141. The standard InChI is InChI=1S/C23H19F3N8O4S/c1-10-4-13(6-27-17(10)23(24,25)26)20-30-15(8-39-20)29-19(35)12(3)34-9-28-18-16(34)21(36)33(22(37)31-18)7-14-5-11(2)38-32-14/h4-6,8-9,12H,7H2,1-3H3,(H,29,35)(H,31,37)/t12-/m0/s1. The first-order valence-electron chi connectivity index (χ1n) is 11.3. The summed E-state index contributed by atoms with van der Waals surface area (Å²) in [5, 5.41) is 8.33. The second-order valence-electron chi connectivity index (χ2n) is 8.69. The number of rotatable bonds is 6. The highest BCUT2D eigenvalue weighted by atomic mass is 32.1. The first-order valence-corrected chi connectivity index (χ1v) is 12.2. The lowest BCUT2D eigenvalue weighted by Crippen LogP contribution is -2.37. The maximum absolute atomic E-state index is 13.2. The van der Waals surface area contributed by atoms with Crippen LogP contribution in [0.5, 0.6) is 0 Å². The molecule has 5 heterocycles. The first-order chi connectivity index (χ1) is 18.4. The second-order valence-corrected chi connectivity index (χ2v) is 9.55. The normalized spacial score (nSPS) is 12.7. The fourth-order valence-corrected chi connectivity index (χ4v) is 4.69. The van der Waals surface area contributed by atoms with Crippen LogP contribution in [-0.4, -0.2) is 40.1 Å². The summed E-state index contributed by atoms with van der Waals surface area (Å²) in [6.07, 6.45) is -2.23. The van der Waals surface area contributed by atoms with Crippen LogP contribution in [0.4, 0.5) is 19.0 Å². The summed E-state index contributed by atoms with van der Waals surface area (Å²) in [4.78, 5) is 53.1. The maximum Gasteiger partial charge on any atom is 0.433 e. The Balaban J connectivity index is 1.38. The lowest BCUT2D eigenvalue weighted by Gasteiger charge is -2.13. The van der Waals surface area contributed by atoms with Crippen molar-refractivity contribution in [3.63, 3.8) is 0 Å². The summed E-state index contributed by atoms with van der Waals surface area (Å²) in [6.45, 7) is 4.37. The van der Waals surface area contributed by atoms with Gasteiger partial charge < -0.3 is 14.4 Å². The van der Waals surface area contributed by atoms with Crippen molar-refractivity contribution in [2.45, 2.75) is 39.5 Å². The third kappa shape index (κ3) is 4.97. The summed E-state index contributed by atoms with van der Waals surface area (Å²) in [5.41, 5.74) is -1.65. The van der Waals surface area contributed by atoms with Crippen molar-refractivity contribution in [1.29, 1.82) is 0 Å². The number of nitrogens with zero attached hydrogens (tertiary/aromatic N) is 6. The SMILES string of the molecule is Cc1cc(Cn2c(=O)[nH]c3ncn([C@@H](C)C(=O)Nc4csc(-c5cnc(C(F)(F)F)c(C)c5)n4)c3c2=O)no1. The average molecular weight is 561 g/mol. The van der Waals surface area contributed by atoms with E-state index in [1.165, 1.54) is 36.2 Å². The number of hydrogen-bond donors (Lipinski definition) is 2. The quantitative estimate of drug-likeness (QED) is 0.321. The fraction of sp³-hybridized carbons (Fsp3) is 0.261. The van der Waals surface area contributed by atoms with Gasteiger partial charge in [0.2, 0.25) is 5.91 Å². The molecule has 0 aliphatic heterocycles. The van der Waals surface area contributed by atoms with E-state index in [4.69, 9.17) is 4.52 Å². The number of carbonyl (C=O) groups excluding carboxylic acids is 1. The second kappa shape index (κ2) is 9.61. The summed E-state index contributed by atoms with van der Waals surface area (Å²) >= 11 is 1.11. The molecule has 12 nitrogen and oxygen atoms in total. The first kappa shape index (κ1) is 26.0. The molecule has 5 aromatic heterocycles. The Labute approximate surface area is 220 Å². The molecule has 0 saturated carbocycles. The number of thiazole rings is 1. The van der Waals surface area contributed by atoms with Crippen molar-refractivity contribution < 1.29 is 22.5 Å². The van der Waals surface area contributed by atoms with E-state index in [0.717, 1.165) is 22.1 Å². The molecular formula is C23H19F3N8O4S. The summed E-state index contributed by atoms with van der Waals surface area (Å²) in [7, 11) is 0. The molecule has 0 radical (unpaired) electrons. The molecule has 202 valence electrons. The molecule has 5 rings (SSSR count). The molecular weight excluding hydrogens is 541 g/mol. The molecule has 5 aromatic rings. The Morgan fingerprint density at radius 1 is 1.23 bits per heavy atom. The van der Waals surface area contributed by atoms with Gasteiger partial charge in [0.1, 0.15) is 34.0 Å². The number of hydrogen-bond acceptors (Lipinski definition) is 9. The molecule has 0 aliphatic carbocycles. The zero-order valence-corrected chi connectivity index (χ0v) is 21.3. The molecule has 0 fully saturated rings. The number of anilines is 1. The number of aromatic nitrogens is 7. The molecule has 1 atom stereocenters. The van der Waals surface area contributed by atoms with Crippen molar-refractivity contribution in [3.8, 4) is 10.6 Å². The van der Waals surface area contributed by atoms with Crippen LogP contribution in [0.25, 0.3) is 21.7 Å². The van der Waals surface area contributed by atoms with Gasteiger partial charge in [-0.2, -0.15) is 13.2 Å². The monoisotopic (exact) mass is 560 g/mol. The number of carbonyl (C=O) groups is 1. The minimum absolute atomic E-state index is 0.00253. The molecule has 0 aromatic carbocycles. The number of aromatic amines is 1. The third-order valence-electron chi connectivity index (χ3n) is 5.85. The van der Waals surface area contributed by atoms with Gasteiger partial charge in [-0.15, -0.1) is 11.3 Å². The smallest absolute Gasteiger partial charge is 0.361 e. The fourth-order valence-electron chi connectivity index (χ4n) is 3.95. The number of pyridine rings is 1. The van der Waals surface area contributed by atoms with E-state index >= 15 is 0 Å². The van der Waals surface area contributed by atoms with Gasteiger partial charge in [-0.3, -0.25) is 24.1 Å². The Bertz CT molecular complexity index is 1830. The van der Waals surface area contributed by atoms with Crippen LogP contribution < -0.4 is 16.6 Å². The number of H-pyrrole nitrogens is 1. The lowest BCUT2D eigenvalue weighted by atomic mass is 10.1. The predicted octanol–water partition coefficient (Wildman–Crippen LogP) is 3.28. The maximum atomic E-state index is 13.2. The van der Waals surface area contributed by atoms with E-state index in [-0.39, 0.29) is 29.1 Å². The van der Waals surface area contributed by atoms with E-state index in [9.17, 15) is 27.6 Å². The van der Waals surface area contributed by atoms with E-state index in [2.05, 4.69) is 30.4 Å². The highest BCUT2D eigenvalue weighted by Gasteiger charge is 2.34. The topological polar surface area (TPSA) is 154 Å². The zero-order chi connectivity index (χ0) is 28.1. The van der Waals surface area contributed by atoms with Crippen LogP contribution in [0.15, 0.2) is 44.1 Å². The van der Waals surface area contributed by atoms with E-state index in [1.54, 1.807) is 13.0 Å². The van der Waals surface area contributed by atoms with E-state index < -0.39 is 35.1 Å². The minimum atomic E-state index is -4.57. The van der Waals surface area contributed by atoms with Crippen molar-refractivity contribution >= 4 is 34.2 Å². The molecule has 0 saturated heterocycles. The van der Waals surface area contributed by atoms with Gasteiger partial charge in [0.25, 0.3) is 5.56 Å². The number of nitrogens with one attached hydrogen (secondary N) is 2. The molecule has 39 heavy (non-hydrogen) atoms. The molecule has 0 aliphatic rings. The van der Waals surface area contributed by atoms with Gasteiger partial charge in [0.05, 0.1) is 12.9 Å². The van der Waals surface area contributed by atoms with Gasteiger partial charge in [0, 0.05) is 23.2 Å².